The topological polar surface area (TPSA) is 57.9 Å². The summed E-state index contributed by atoms with van der Waals surface area (Å²) in [5.74, 6) is -0.699. The van der Waals surface area contributed by atoms with Crippen molar-refractivity contribution in [2.45, 2.75) is 20.8 Å². The molecule has 3 heteroatoms. The number of allylic oxidation sites excluding steroid dienone is 9. The summed E-state index contributed by atoms with van der Waals surface area (Å²) in [4.78, 5) is 24.9. The van der Waals surface area contributed by atoms with Gasteiger partial charge < -0.3 is 0 Å². The molecule has 0 saturated carbocycles. The van der Waals surface area contributed by atoms with Gasteiger partial charge in [-0.05, 0) is 42.7 Å². The molecule has 0 spiro atoms. The van der Waals surface area contributed by atoms with Crippen LogP contribution >= 0.6 is 0 Å². The monoisotopic (exact) mass is 291 g/mol. The third-order valence-corrected chi connectivity index (χ3v) is 5.16. The van der Waals surface area contributed by atoms with E-state index < -0.39 is 16.7 Å². The number of nitriles is 1. The Bertz CT molecular complexity index is 800. The first-order valence-electron chi connectivity index (χ1n) is 7.28. The fraction of sp³-hybridized carbons (Fsp3) is 0.316. The Morgan fingerprint density at radius 3 is 2.55 bits per heavy atom. The molecule has 2 unspecified atom stereocenters. The molecule has 22 heavy (non-hydrogen) atoms. The van der Waals surface area contributed by atoms with E-state index in [-0.39, 0.29) is 17.1 Å². The predicted molar refractivity (Wildman–Crippen MR) is 83.5 cm³/mol. The SMILES string of the molecule is C=C1C=CC2(C)C(=O)C=C3[C@@H](C)C(=O)C(C#N)=CC3(C)C2=C1. The Balaban J connectivity index is 2.36. The van der Waals surface area contributed by atoms with Crippen molar-refractivity contribution in [3.05, 3.63) is 59.3 Å². The second-order valence-corrected chi connectivity index (χ2v) is 6.59. The summed E-state index contributed by atoms with van der Waals surface area (Å²) < 4.78 is 0. The first-order chi connectivity index (χ1) is 10.2. The number of fused-ring (bicyclic) bond motifs is 3. The maximum absolute atomic E-state index is 12.7. The Morgan fingerprint density at radius 1 is 1.23 bits per heavy atom. The van der Waals surface area contributed by atoms with E-state index in [0.29, 0.717) is 0 Å². The molecule has 3 nitrogen and oxygen atoms in total. The Hall–Kier alpha value is -2.47. The Kier molecular flexibility index (Phi) is 2.81. The van der Waals surface area contributed by atoms with Crippen molar-refractivity contribution in [3.63, 3.8) is 0 Å². The number of hydrogen-bond acceptors (Lipinski definition) is 3. The zero-order valence-corrected chi connectivity index (χ0v) is 12.9. The maximum Gasteiger partial charge on any atom is 0.179 e. The van der Waals surface area contributed by atoms with Gasteiger partial charge in [0.05, 0.1) is 11.0 Å². The van der Waals surface area contributed by atoms with Crippen LogP contribution in [0.15, 0.2) is 59.3 Å². The predicted octanol–water partition coefficient (Wildman–Crippen LogP) is 3.23. The summed E-state index contributed by atoms with van der Waals surface area (Å²) in [5.41, 5.74) is 1.31. The van der Waals surface area contributed by atoms with Crippen LogP contribution in [0.1, 0.15) is 20.8 Å². The largest absolute Gasteiger partial charge is 0.294 e. The number of ketones is 2. The molecule has 3 rings (SSSR count). The van der Waals surface area contributed by atoms with Crippen molar-refractivity contribution in [2.75, 3.05) is 0 Å². The number of hydrogen-bond donors (Lipinski definition) is 0. The molecule has 110 valence electrons. The molecule has 0 aromatic heterocycles. The minimum atomic E-state index is -0.739. The number of Topliss-reactive ketones (excluding diaryl/α,β-unsaturated/α-hetero) is 1. The first kappa shape index (κ1) is 14.5. The molecule has 0 amide bonds. The van der Waals surface area contributed by atoms with Gasteiger partial charge in [-0.25, -0.2) is 0 Å². The van der Waals surface area contributed by atoms with Crippen LogP contribution in [0.25, 0.3) is 0 Å². The fourth-order valence-electron chi connectivity index (χ4n) is 3.81. The van der Waals surface area contributed by atoms with E-state index in [1.165, 1.54) is 0 Å². The average molecular weight is 291 g/mol. The van der Waals surface area contributed by atoms with Crippen molar-refractivity contribution in [3.8, 4) is 6.07 Å². The Labute approximate surface area is 130 Å². The van der Waals surface area contributed by atoms with Crippen molar-refractivity contribution >= 4 is 11.6 Å². The third-order valence-electron chi connectivity index (χ3n) is 5.16. The number of carbonyl (C=O) groups excluding carboxylic acids is 2. The molecule has 3 atom stereocenters. The van der Waals surface area contributed by atoms with Crippen LogP contribution in [-0.4, -0.2) is 11.6 Å². The molecule has 0 radical (unpaired) electrons. The van der Waals surface area contributed by atoms with Crippen molar-refractivity contribution < 1.29 is 9.59 Å². The minimum Gasteiger partial charge on any atom is -0.294 e. The molecule has 0 bridgehead atoms. The average Bonchev–Trinajstić information content (AvgIpc) is 2.48. The Morgan fingerprint density at radius 2 is 1.91 bits per heavy atom. The normalized spacial score (nSPS) is 36.7. The van der Waals surface area contributed by atoms with Crippen LogP contribution in [0, 0.1) is 28.1 Å². The van der Waals surface area contributed by atoms with E-state index in [9.17, 15) is 14.9 Å². The van der Waals surface area contributed by atoms with E-state index in [0.717, 1.165) is 16.7 Å². The van der Waals surface area contributed by atoms with Crippen LogP contribution in [0.5, 0.6) is 0 Å². The lowest BCUT2D eigenvalue weighted by Crippen LogP contribution is -2.45. The summed E-state index contributed by atoms with van der Waals surface area (Å²) in [7, 11) is 0. The van der Waals surface area contributed by atoms with Gasteiger partial charge >= 0.3 is 0 Å². The lowest BCUT2D eigenvalue weighted by molar-refractivity contribution is -0.120. The van der Waals surface area contributed by atoms with Gasteiger partial charge in [-0.15, -0.1) is 0 Å². The molecule has 3 aliphatic rings. The molecule has 0 N–H and O–H groups in total. The molecule has 0 aromatic rings. The highest BCUT2D eigenvalue weighted by Gasteiger charge is 2.53. The summed E-state index contributed by atoms with van der Waals surface area (Å²) in [5, 5.41) is 9.27. The van der Waals surface area contributed by atoms with Crippen LogP contribution < -0.4 is 0 Å². The molecule has 3 aliphatic carbocycles. The highest BCUT2D eigenvalue weighted by atomic mass is 16.1. The lowest BCUT2D eigenvalue weighted by Gasteiger charge is -2.48. The van der Waals surface area contributed by atoms with Gasteiger partial charge in [0.15, 0.2) is 11.6 Å². The molecule has 0 aromatic carbocycles. The van der Waals surface area contributed by atoms with E-state index >= 15 is 0 Å². The number of carbonyl (C=O) groups is 2. The van der Waals surface area contributed by atoms with Gasteiger partial charge in [0.25, 0.3) is 0 Å². The molecule has 0 heterocycles. The third kappa shape index (κ3) is 1.61. The van der Waals surface area contributed by atoms with Crippen LogP contribution in [0.3, 0.4) is 0 Å². The summed E-state index contributed by atoms with van der Waals surface area (Å²) in [6.45, 7) is 9.57. The van der Waals surface area contributed by atoms with E-state index in [2.05, 4.69) is 6.58 Å². The first-order valence-corrected chi connectivity index (χ1v) is 7.28. The van der Waals surface area contributed by atoms with Gasteiger partial charge in [-0.2, -0.15) is 5.26 Å². The minimum absolute atomic E-state index is 0.0246. The second kappa shape index (κ2) is 4.27. The fourth-order valence-corrected chi connectivity index (χ4v) is 3.81. The standard InChI is InChI=1S/C19H17NO2/c1-11-5-6-18(3)15(7-11)19(4)9-13(10-20)17(22)12(2)14(19)8-16(18)21/h5-9,12H,1H2,2-4H3/t12-,18?,19?/m1/s1. The van der Waals surface area contributed by atoms with Crippen molar-refractivity contribution in [1.29, 1.82) is 5.26 Å². The highest BCUT2D eigenvalue weighted by molar-refractivity contribution is 6.08. The van der Waals surface area contributed by atoms with Gasteiger partial charge in [0.1, 0.15) is 6.07 Å². The van der Waals surface area contributed by atoms with E-state index in [4.69, 9.17) is 0 Å². The summed E-state index contributed by atoms with van der Waals surface area (Å²) in [6, 6.07) is 2.00. The highest BCUT2D eigenvalue weighted by Crippen LogP contribution is 2.56. The van der Waals surface area contributed by atoms with Crippen LogP contribution in [0.4, 0.5) is 0 Å². The zero-order valence-electron chi connectivity index (χ0n) is 12.9. The molecule has 0 saturated heterocycles. The second-order valence-electron chi connectivity index (χ2n) is 6.59. The number of nitrogens with zero attached hydrogens (tertiary/aromatic N) is 1. The van der Waals surface area contributed by atoms with Crippen LogP contribution in [0.2, 0.25) is 0 Å². The van der Waals surface area contributed by atoms with Gasteiger partial charge in [0.2, 0.25) is 0 Å². The number of rotatable bonds is 0. The molecular formula is C19H17NO2. The lowest BCUT2D eigenvalue weighted by atomic mass is 9.53. The van der Waals surface area contributed by atoms with E-state index in [1.54, 1.807) is 19.1 Å². The molecular weight excluding hydrogens is 274 g/mol. The van der Waals surface area contributed by atoms with Gasteiger partial charge in [0, 0.05) is 11.3 Å². The smallest absolute Gasteiger partial charge is 0.179 e. The van der Waals surface area contributed by atoms with Crippen molar-refractivity contribution in [1.82, 2.24) is 0 Å². The van der Waals surface area contributed by atoms with Crippen LogP contribution in [-0.2, 0) is 9.59 Å². The van der Waals surface area contributed by atoms with Gasteiger partial charge in [-0.1, -0.05) is 31.7 Å². The molecule has 0 fully saturated rings. The summed E-state index contributed by atoms with van der Waals surface area (Å²) >= 11 is 0. The van der Waals surface area contributed by atoms with E-state index in [1.807, 2.05) is 38.1 Å². The quantitative estimate of drug-likeness (QED) is 0.688. The summed E-state index contributed by atoms with van der Waals surface area (Å²) in [6.07, 6.45) is 8.94. The molecule has 0 aliphatic heterocycles. The van der Waals surface area contributed by atoms with Gasteiger partial charge in [-0.3, -0.25) is 9.59 Å². The zero-order chi connectivity index (χ0) is 16.3. The maximum atomic E-state index is 12.7. The van der Waals surface area contributed by atoms with Crippen molar-refractivity contribution in [2.24, 2.45) is 16.7 Å².